The molecule has 0 radical (unpaired) electrons. The quantitative estimate of drug-likeness (QED) is 0.330. The van der Waals surface area contributed by atoms with Crippen LogP contribution in [0.3, 0.4) is 0 Å². The lowest BCUT2D eigenvalue weighted by Gasteiger charge is -2.16. The summed E-state index contributed by atoms with van der Waals surface area (Å²) in [5.74, 6) is 0.516. The molecule has 0 saturated heterocycles. The van der Waals surface area contributed by atoms with Crippen molar-refractivity contribution in [2.24, 2.45) is 4.99 Å². The third kappa shape index (κ3) is 8.49. The van der Waals surface area contributed by atoms with Crippen molar-refractivity contribution in [2.75, 3.05) is 46.9 Å². The number of ether oxygens (including phenoxy) is 2. The summed E-state index contributed by atoms with van der Waals surface area (Å²) >= 11 is 0. The number of hydrogen-bond acceptors (Lipinski definition) is 4. The fourth-order valence-electron chi connectivity index (χ4n) is 3.12. The van der Waals surface area contributed by atoms with Gasteiger partial charge < -0.3 is 25.0 Å². The molecule has 0 aliphatic heterocycles. The van der Waals surface area contributed by atoms with Crippen LogP contribution < -0.4 is 15.4 Å². The molecule has 6 nitrogen and oxygen atoms in total. The van der Waals surface area contributed by atoms with Gasteiger partial charge in [0.15, 0.2) is 5.96 Å². The Morgan fingerprint density at radius 3 is 2.72 bits per heavy atom. The van der Waals surface area contributed by atoms with E-state index in [1.165, 1.54) is 6.07 Å². The molecule has 2 atom stereocenters. The standard InChI is InChI=1S/C20H31F3N4O2/c1-4-24-19(25-10-12-27(2)11-7-13-28-3)26-17-14-16(17)15-8-5-6-9-18(15)29-20(21,22)23/h5-6,8-9,16-17H,4,7,10-14H2,1-3H3,(H2,24,25,26). The fraction of sp³-hybridized carbons (Fsp3) is 0.650. The van der Waals surface area contributed by atoms with Crippen molar-refractivity contribution >= 4 is 5.96 Å². The molecular weight excluding hydrogens is 385 g/mol. The third-order valence-electron chi connectivity index (χ3n) is 4.64. The summed E-state index contributed by atoms with van der Waals surface area (Å²) in [5.41, 5.74) is 0.566. The van der Waals surface area contributed by atoms with Crippen LogP contribution in [0.5, 0.6) is 5.75 Å². The van der Waals surface area contributed by atoms with Crippen LogP contribution in [0, 0.1) is 0 Å². The van der Waals surface area contributed by atoms with Gasteiger partial charge in [0.2, 0.25) is 0 Å². The second-order valence-electron chi connectivity index (χ2n) is 7.09. The van der Waals surface area contributed by atoms with Crippen molar-refractivity contribution in [3.63, 3.8) is 0 Å². The molecule has 0 aromatic heterocycles. The van der Waals surface area contributed by atoms with Crippen LogP contribution in [-0.4, -0.2) is 70.2 Å². The maximum Gasteiger partial charge on any atom is 0.573 e. The van der Waals surface area contributed by atoms with Gasteiger partial charge in [0.25, 0.3) is 0 Å². The number of alkyl halides is 3. The van der Waals surface area contributed by atoms with E-state index in [4.69, 9.17) is 4.74 Å². The van der Waals surface area contributed by atoms with Gasteiger partial charge in [-0.15, -0.1) is 13.2 Å². The molecule has 0 heterocycles. The van der Waals surface area contributed by atoms with E-state index in [0.29, 0.717) is 24.6 Å². The van der Waals surface area contributed by atoms with Gasteiger partial charge in [-0.25, -0.2) is 0 Å². The van der Waals surface area contributed by atoms with Gasteiger partial charge >= 0.3 is 6.36 Å². The van der Waals surface area contributed by atoms with Gasteiger partial charge in [-0.05, 0) is 38.4 Å². The zero-order valence-corrected chi connectivity index (χ0v) is 17.3. The first kappa shape index (κ1) is 23.3. The number of para-hydroxylation sites is 1. The number of nitrogens with zero attached hydrogens (tertiary/aromatic N) is 2. The highest BCUT2D eigenvalue weighted by molar-refractivity contribution is 5.80. The Balaban J connectivity index is 1.88. The minimum absolute atomic E-state index is 0.0326. The first-order chi connectivity index (χ1) is 13.8. The minimum Gasteiger partial charge on any atom is -0.405 e. The number of halogens is 3. The zero-order valence-electron chi connectivity index (χ0n) is 17.3. The molecule has 9 heteroatoms. The molecule has 0 bridgehead atoms. The lowest BCUT2D eigenvalue weighted by molar-refractivity contribution is -0.274. The summed E-state index contributed by atoms with van der Waals surface area (Å²) in [6.45, 7) is 5.81. The molecule has 2 unspecified atom stereocenters. The van der Waals surface area contributed by atoms with Crippen LogP contribution in [0.15, 0.2) is 29.3 Å². The molecule has 1 fully saturated rings. The second-order valence-corrected chi connectivity index (χ2v) is 7.09. The third-order valence-corrected chi connectivity index (χ3v) is 4.64. The topological polar surface area (TPSA) is 58.1 Å². The van der Waals surface area contributed by atoms with Gasteiger partial charge in [0, 0.05) is 45.3 Å². The minimum atomic E-state index is -4.69. The Bertz CT molecular complexity index is 655. The van der Waals surface area contributed by atoms with E-state index in [2.05, 4.69) is 25.3 Å². The van der Waals surface area contributed by atoms with Gasteiger partial charge in [-0.1, -0.05) is 18.2 Å². The number of benzene rings is 1. The first-order valence-corrected chi connectivity index (χ1v) is 9.91. The van der Waals surface area contributed by atoms with Gasteiger partial charge in [0.05, 0.1) is 6.54 Å². The van der Waals surface area contributed by atoms with E-state index in [9.17, 15) is 13.2 Å². The molecule has 0 amide bonds. The second kappa shape index (κ2) is 11.3. The highest BCUT2D eigenvalue weighted by atomic mass is 19.4. The number of nitrogens with one attached hydrogen (secondary N) is 2. The average molecular weight is 416 g/mol. The van der Waals surface area contributed by atoms with E-state index in [1.807, 2.05) is 14.0 Å². The molecule has 164 valence electrons. The fourth-order valence-corrected chi connectivity index (χ4v) is 3.12. The molecule has 0 spiro atoms. The van der Waals surface area contributed by atoms with E-state index < -0.39 is 6.36 Å². The number of hydrogen-bond donors (Lipinski definition) is 2. The van der Waals surface area contributed by atoms with Gasteiger partial charge in [-0.2, -0.15) is 0 Å². The molecule has 29 heavy (non-hydrogen) atoms. The average Bonchev–Trinajstić information content (AvgIpc) is 3.40. The molecule has 1 aliphatic carbocycles. The van der Waals surface area contributed by atoms with Crippen LogP contribution in [-0.2, 0) is 4.74 Å². The van der Waals surface area contributed by atoms with Crippen molar-refractivity contribution in [3.8, 4) is 5.75 Å². The van der Waals surface area contributed by atoms with Crippen LogP contribution in [0.4, 0.5) is 13.2 Å². The molecule has 1 aromatic rings. The lowest BCUT2D eigenvalue weighted by atomic mass is 10.1. The van der Waals surface area contributed by atoms with Gasteiger partial charge in [0.1, 0.15) is 5.75 Å². The first-order valence-electron chi connectivity index (χ1n) is 9.91. The van der Waals surface area contributed by atoms with Crippen molar-refractivity contribution in [1.29, 1.82) is 0 Å². The Hall–Kier alpha value is -2.00. The van der Waals surface area contributed by atoms with Gasteiger partial charge in [-0.3, -0.25) is 4.99 Å². The number of rotatable bonds is 11. The van der Waals surface area contributed by atoms with Crippen LogP contribution in [0.2, 0.25) is 0 Å². The maximum absolute atomic E-state index is 12.6. The van der Waals surface area contributed by atoms with Crippen molar-refractivity contribution in [1.82, 2.24) is 15.5 Å². The van der Waals surface area contributed by atoms with E-state index >= 15 is 0 Å². The molecule has 2 N–H and O–H groups in total. The van der Waals surface area contributed by atoms with Crippen molar-refractivity contribution in [2.45, 2.75) is 38.1 Å². The van der Waals surface area contributed by atoms with E-state index in [-0.39, 0.29) is 17.7 Å². The smallest absolute Gasteiger partial charge is 0.405 e. The SMILES string of the molecule is CCNC(=NCCN(C)CCCOC)NC1CC1c1ccccc1OC(F)(F)F. The maximum atomic E-state index is 12.6. The predicted molar refractivity (Wildman–Crippen MR) is 107 cm³/mol. The Kier molecular flexibility index (Phi) is 9.03. The summed E-state index contributed by atoms with van der Waals surface area (Å²) in [5, 5.41) is 6.51. The van der Waals surface area contributed by atoms with Crippen molar-refractivity contribution < 1.29 is 22.6 Å². The van der Waals surface area contributed by atoms with Crippen LogP contribution >= 0.6 is 0 Å². The lowest BCUT2D eigenvalue weighted by Crippen LogP contribution is -2.39. The number of methoxy groups -OCH3 is 1. The van der Waals surface area contributed by atoms with Crippen molar-refractivity contribution in [3.05, 3.63) is 29.8 Å². The predicted octanol–water partition coefficient (Wildman–Crippen LogP) is 2.96. The Morgan fingerprint density at radius 1 is 1.28 bits per heavy atom. The molecule has 2 rings (SSSR count). The van der Waals surface area contributed by atoms with Crippen LogP contribution in [0.25, 0.3) is 0 Å². The summed E-state index contributed by atoms with van der Waals surface area (Å²) in [6, 6.07) is 6.35. The number of likely N-dealkylation sites (N-methyl/N-ethyl adjacent to an activating group) is 1. The zero-order chi connectivity index (χ0) is 21.3. The van der Waals surface area contributed by atoms with Crippen LogP contribution in [0.1, 0.15) is 31.2 Å². The molecule has 1 aliphatic rings. The highest BCUT2D eigenvalue weighted by Gasteiger charge is 2.42. The summed E-state index contributed by atoms with van der Waals surface area (Å²) in [6.07, 6.45) is -2.99. The highest BCUT2D eigenvalue weighted by Crippen LogP contribution is 2.45. The summed E-state index contributed by atoms with van der Waals surface area (Å²) < 4.78 is 47.1. The monoisotopic (exact) mass is 416 g/mol. The molecule has 1 saturated carbocycles. The van der Waals surface area contributed by atoms with E-state index in [1.54, 1.807) is 25.3 Å². The van der Waals surface area contributed by atoms with E-state index in [0.717, 1.165) is 32.5 Å². The Labute approximate surface area is 170 Å². The summed E-state index contributed by atoms with van der Waals surface area (Å²) in [4.78, 5) is 6.77. The molecular formula is C20H31F3N4O2. The summed E-state index contributed by atoms with van der Waals surface area (Å²) in [7, 11) is 3.73. The normalized spacial score (nSPS) is 19.3. The molecule has 1 aromatic carbocycles. The Morgan fingerprint density at radius 2 is 2.03 bits per heavy atom. The number of aliphatic imine (C=N–C) groups is 1. The number of guanidine groups is 1. The largest absolute Gasteiger partial charge is 0.573 e.